The molecule has 0 amide bonds. The van der Waals surface area contributed by atoms with E-state index in [-0.39, 0.29) is 5.92 Å². The molecule has 0 heterocycles. The molecule has 0 aromatic carbocycles. The first-order chi connectivity index (χ1) is 10.6. The first-order valence-corrected chi connectivity index (χ1v) is 9.95. The third-order valence-electron chi connectivity index (χ3n) is 4.75. The zero-order valence-corrected chi connectivity index (χ0v) is 15.8. The van der Waals surface area contributed by atoms with Crippen LogP contribution in [-0.2, 0) is 4.79 Å². The molecular weight excluding hydrogens is 268 g/mol. The molecule has 0 aromatic heterocycles. The first kappa shape index (κ1) is 21.7. The van der Waals surface area contributed by atoms with E-state index in [1.165, 1.54) is 77.0 Å². The van der Waals surface area contributed by atoms with Crippen molar-refractivity contribution in [2.45, 2.75) is 111 Å². The van der Waals surface area contributed by atoms with Crippen LogP contribution in [0.2, 0.25) is 0 Å². The van der Waals surface area contributed by atoms with Gasteiger partial charge in [-0.25, -0.2) is 0 Å². The van der Waals surface area contributed by atoms with E-state index in [4.69, 9.17) is 0 Å². The van der Waals surface area contributed by atoms with Gasteiger partial charge in [0, 0.05) is 5.92 Å². The van der Waals surface area contributed by atoms with Gasteiger partial charge >= 0.3 is 0 Å². The van der Waals surface area contributed by atoms with E-state index in [9.17, 15) is 4.79 Å². The maximum absolute atomic E-state index is 10.8. The average molecular weight is 310 g/mol. The number of carbonyl (C=O) groups excluding carboxylic acids is 1. The topological polar surface area (TPSA) is 17.1 Å². The normalized spacial score (nSPS) is 13.0. The highest BCUT2D eigenvalue weighted by Crippen LogP contribution is 2.18. The van der Waals surface area contributed by atoms with Crippen LogP contribution in [0.3, 0.4) is 0 Å². The Kier molecular flexibility index (Phi) is 15.3. The third kappa shape index (κ3) is 14.6. The van der Waals surface area contributed by atoms with Crippen LogP contribution in [-0.4, -0.2) is 6.29 Å². The average Bonchev–Trinajstić information content (AvgIpc) is 2.47. The minimum absolute atomic E-state index is 0.163. The van der Waals surface area contributed by atoms with Gasteiger partial charge < -0.3 is 0 Å². The van der Waals surface area contributed by atoms with E-state index in [1.807, 2.05) is 0 Å². The van der Waals surface area contributed by atoms with Crippen LogP contribution in [0, 0.1) is 17.8 Å². The fourth-order valence-corrected chi connectivity index (χ4v) is 3.04. The molecule has 131 valence electrons. The van der Waals surface area contributed by atoms with Crippen molar-refractivity contribution in [2.24, 2.45) is 17.8 Å². The highest BCUT2D eigenvalue weighted by atomic mass is 16.1. The molecule has 1 heteroatoms. The maximum atomic E-state index is 10.8. The zero-order chi connectivity index (χ0) is 16.6. The van der Waals surface area contributed by atoms with E-state index < -0.39 is 0 Å². The van der Waals surface area contributed by atoms with Gasteiger partial charge in [-0.15, -0.1) is 0 Å². The second kappa shape index (κ2) is 15.6. The Morgan fingerprint density at radius 1 is 0.591 bits per heavy atom. The molecule has 0 aliphatic heterocycles. The Morgan fingerprint density at radius 2 is 0.955 bits per heavy atom. The lowest BCUT2D eigenvalue weighted by Gasteiger charge is -2.12. The number of unbranched alkanes of at least 4 members (excludes halogenated alkanes) is 10. The van der Waals surface area contributed by atoms with Gasteiger partial charge in [0.1, 0.15) is 0 Å². The summed E-state index contributed by atoms with van der Waals surface area (Å²) in [4.78, 5) is 10.8. The van der Waals surface area contributed by atoms with Gasteiger partial charge in [-0.2, -0.15) is 0 Å². The van der Waals surface area contributed by atoms with Crippen molar-refractivity contribution in [2.75, 3.05) is 0 Å². The summed E-state index contributed by atoms with van der Waals surface area (Å²) in [6, 6.07) is 0. The predicted octanol–water partition coefficient (Wildman–Crippen LogP) is 7.10. The highest BCUT2D eigenvalue weighted by Gasteiger charge is 2.12. The fraction of sp³-hybridized carbons (Fsp3) is 0.952. The van der Waals surface area contributed by atoms with Crippen LogP contribution in [0.1, 0.15) is 111 Å². The number of hydrogen-bond acceptors (Lipinski definition) is 1. The van der Waals surface area contributed by atoms with Gasteiger partial charge in [0.25, 0.3) is 0 Å². The summed E-state index contributed by atoms with van der Waals surface area (Å²) in [5, 5.41) is 0. The first-order valence-electron chi connectivity index (χ1n) is 9.95. The van der Waals surface area contributed by atoms with Crippen LogP contribution in [0.25, 0.3) is 0 Å². The van der Waals surface area contributed by atoms with Crippen LogP contribution < -0.4 is 0 Å². The molecule has 1 nitrogen and oxygen atoms in total. The highest BCUT2D eigenvalue weighted by molar-refractivity contribution is 5.54. The van der Waals surface area contributed by atoms with Crippen molar-refractivity contribution < 1.29 is 4.79 Å². The molecular formula is C21H41O. The largest absolute Gasteiger partial charge is 0.291 e. The molecule has 0 saturated carbocycles. The van der Waals surface area contributed by atoms with E-state index >= 15 is 0 Å². The fourth-order valence-electron chi connectivity index (χ4n) is 3.04. The van der Waals surface area contributed by atoms with E-state index in [0.717, 1.165) is 12.3 Å². The van der Waals surface area contributed by atoms with Crippen molar-refractivity contribution in [3.63, 3.8) is 0 Å². The van der Waals surface area contributed by atoms with Crippen LogP contribution in [0.5, 0.6) is 0 Å². The molecule has 0 spiro atoms. The Bertz CT molecular complexity index is 232. The molecule has 22 heavy (non-hydrogen) atoms. The maximum Gasteiger partial charge on any atom is 0.202 e. The van der Waals surface area contributed by atoms with Crippen LogP contribution >= 0.6 is 0 Å². The smallest absolute Gasteiger partial charge is 0.202 e. The summed E-state index contributed by atoms with van der Waals surface area (Å²) in [5.74, 6) is 1.49. The van der Waals surface area contributed by atoms with Gasteiger partial charge in [-0.3, -0.25) is 4.79 Å². The van der Waals surface area contributed by atoms with E-state index in [0.29, 0.717) is 5.92 Å². The van der Waals surface area contributed by atoms with Crippen molar-refractivity contribution in [1.29, 1.82) is 0 Å². The molecule has 0 N–H and O–H groups in total. The monoisotopic (exact) mass is 309 g/mol. The summed E-state index contributed by atoms with van der Waals surface area (Å²) in [7, 11) is 0. The molecule has 1 radical (unpaired) electrons. The second-order valence-electron chi connectivity index (χ2n) is 7.83. The lowest BCUT2D eigenvalue weighted by atomic mass is 9.91. The van der Waals surface area contributed by atoms with Gasteiger partial charge in [0.2, 0.25) is 6.29 Å². The molecule has 0 bridgehead atoms. The summed E-state index contributed by atoms with van der Waals surface area (Å²) in [6.07, 6.45) is 19.8. The molecule has 0 fully saturated rings. The van der Waals surface area contributed by atoms with Crippen molar-refractivity contribution in [1.82, 2.24) is 0 Å². The van der Waals surface area contributed by atoms with Gasteiger partial charge in [0.05, 0.1) is 0 Å². The molecule has 1 atom stereocenters. The Labute approximate surface area is 140 Å². The standard InChI is InChI=1S/C21H41O/c1-19(2)16-14-12-10-8-6-5-7-9-11-13-15-17-21(18-22)20(3)4/h19-21H,5-17H2,1-4H3. The van der Waals surface area contributed by atoms with E-state index in [1.54, 1.807) is 0 Å². The Morgan fingerprint density at radius 3 is 1.27 bits per heavy atom. The molecule has 0 aromatic rings. The quantitative estimate of drug-likeness (QED) is 0.278. The van der Waals surface area contributed by atoms with E-state index in [2.05, 4.69) is 34.0 Å². The van der Waals surface area contributed by atoms with Crippen molar-refractivity contribution in [3.05, 3.63) is 0 Å². The predicted molar refractivity (Wildman–Crippen MR) is 98.9 cm³/mol. The SMILES string of the molecule is CC(C)CCCCCCCCCCCCCC([C]=O)C(C)C. The number of rotatable bonds is 16. The summed E-state index contributed by atoms with van der Waals surface area (Å²) < 4.78 is 0. The molecule has 0 aliphatic rings. The zero-order valence-electron chi connectivity index (χ0n) is 15.8. The van der Waals surface area contributed by atoms with Gasteiger partial charge in [0.15, 0.2) is 0 Å². The molecule has 1 unspecified atom stereocenters. The minimum atomic E-state index is 0.163. The summed E-state index contributed by atoms with van der Waals surface area (Å²) in [5.41, 5.74) is 0. The Balaban J connectivity index is 3.16. The summed E-state index contributed by atoms with van der Waals surface area (Å²) >= 11 is 0. The van der Waals surface area contributed by atoms with Gasteiger partial charge in [-0.1, -0.05) is 105 Å². The molecule has 0 aliphatic carbocycles. The van der Waals surface area contributed by atoms with Gasteiger partial charge in [-0.05, 0) is 18.3 Å². The lowest BCUT2D eigenvalue weighted by Crippen LogP contribution is -2.09. The van der Waals surface area contributed by atoms with Crippen molar-refractivity contribution >= 4 is 6.29 Å². The molecule has 0 rings (SSSR count). The van der Waals surface area contributed by atoms with Crippen LogP contribution in [0.4, 0.5) is 0 Å². The number of hydrogen-bond donors (Lipinski definition) is 0. The Hall–Kier alpha value is -0.330. The van der Waals surface area contributed by atoms with Crippen molar-refractivity contribution in [3.8, 4) is 0 Å². The molecule has 0 saturated heterocycles. The summed E-state index contributed by atoms with van der Waals surface area (Å²) in [6.45, 7) is 8.89. The minimum Gasteiger partial charge on any atom is -0.291 e. The van der Waals surface area contributed by atoms with Crippen LogP contribution in [0.15, 0.2) is 0 Å². The third-order valence-corrected chi connectivity index (χ3v) is 4.75. The lowest BCUT2D eigenvalue weighted by molar-refractivity contribution is 0.409. The second-order valence-corrected chi connectivity index (χ2v) is 7.83.